The summed E-state index contributed by atoms with van der Waals surface area (Å²) in [4.78, 5) is 12.1. The normalized spacial score (nSPS) is 19.5. The number of hydrogen-bond acceptors (Lipinski definition) is 3. The molecule has 1 saturated heterocycles. The molecule has 94 valence electrons. The Hall–Kier alpha value is -1.32. The second kappa shape index (κ2) is 4.75. The third kappa shape index (κ3) is 2.16. The first-order valence-corrected chi connectivity index (χ1v) is 6.45. The summed E-state index contributed by atoms with van der Waals surface area (Å²) in [7, 11) is 0. The topological polar surface area (TPSA) is 39.4 Å². The van der Waals surface area contributed by atoms with Crippen molar-refractivity contribution < 1.29 is 13.9 Å². The van der Waals surface area contributed by atoms with Crippen molar-refractivity contribution in [3.63, 3.8) is 0 Å². The van der Waals surface area contributed by atoms with E-state index < -0.39 is 0 Å². The van der Waals surface area contributed by atoms with Crippen molar-refractivity contribution in [2.45, 2.75) is 25.4 Å². The molecular formula is C14H13ClO3. The minimum absolute atomic E-state index is 0.0193. The molecule has 1 unspecified atom stereocenters. The van der Waals surface area contributed by atoms with Crippen molar-refractivity contribution >= 4 is 28.4 Å². The molecule has 0 aliphatic carbocycles. The second-order valence-electron chi connectivity index (χ2n) is 4.53. The van der Waals surface area contributed by atoms with Crippen molar-refractivity contribution in [1.82, 2.24) is 0 Å². The number of hydrogen-bond donors (Lipinski definition) is 0. The van der Waals surface area contributed by atoms with E-state index in [-0.39, 0.29) is 11.9 Å². The summed E-state index contributed by atoms with van der Waals surface area (Å²) in [6.07, 6.45) is 2.41. The molecule has 0 bridgehead atoms. The molecule has 2 heterocycles. The standard InChI is InChI=1S/C14H13ClO3/c15-11-5-1-3-9-7-13(18-14(9)11)12(16)8-10-4-2-6-17-10/h1,3,5,7,10H,2,4,6,8H2. The number of halogens is 1. The van der Waals surface area contributed by atoms with Gasteiger partial charge in [0.2, 0.25) is 5.78 Å². The summed E-state index contributed by atoms with van der Waals surface area (Å²) >= 11 is 6.02. The highest BCUT2D eigenvalue weighted by molar-refractivity contribution is 6.34. The Labute approximate surface area is 110 Å². The molecule has 1 aliphatic rings. The highest BCUT2D eigenvalue weighted by Crippen LogP contribution is 2.28. The van der Waals surface area contributed by atoms with Gasteiger partial charge >= 0.3 is 0 Å². The van der Waals surface area contributed by atoms with Crippen molar-refractivity contribution in [1.29, 1.82) is 0 Å². The van der Waals surface area contributed by atoms with Crippen LogP contribution in [0.1, 0.15) is 29.8 Å². The summed E-state index contributed by atoms with van der Waals surface area (Å²) in [6, 6.07) is 7.22. The van der Waals surface area contributed by atoms with E-state index in [2.05, 4.69) is 0 Å². The molecule has 0 spiro atoms. The maximum Gasteiger partial charge on any atom is 0.200 e. The third-order valence-electron chi connectivity index (χ3n) is 3.21. The van der Waals surface area contributed by atoms with Crippen LogP contribution in [0.4, 0.5) is 0 Å². The number of Topliss-reactive ketones (excluding diaryl/α,β-unsaturated/α-hetero) is 1. The smallest absolute Gasteiger partial charge is 0.200 e. The van der Waals surface area contributed by atoms with E-state index in [0.717, 1.165) is 24.8 Å². The molecule has 2 aromatic rings. The lowest BCUT2D eigenvalue weighted by atomic mass is 10.1. The Balaban J connectivity index is 1.85. The van der Waals surface area contributed by atoms with E-state index in [4.69, 9.17) is 20.8 Å². The average Bonchev–Trinajstić information content (AvgIpc) is 2.97. The number of furan rings is 1. The zero-order valence-electron chi connectivity index (χ0n) is 9.82. The van der Waals surface area contributed by atoms with Gasteiger partial charge in [0.25, 0.3) is 0 Å². The molecule has 0 saturated carbocycles. The first-order valence-electron chi connectivity index (χ1n) is 6.07. The van der Waals surface area contributed by atoms with Crippen LogP contribution in [0.25, 0.3) is 11.0 Å². The summed E-state index contributed by atoms with van der Waals surface area (Å²) in [5, 5.41) is 1.39. The van der Waals surface area contributed by atoms with Crippen LogP contribution in [0.3, 0.4) is 0 Å². The Morgan fingerprint density at radius 2 is 2.33 bits per heavy atom. The van der Waals surface area contributed by atoms with Crippen LogP contribution in [0.2, 0.25) is 5.02 Å². The van der Waals surface area contributed by atoms with Crippen LogP contribution in [0, 0.1) is 0 Å². The number of fused-ring (bicyclic) bond motifs is 1. The Kier molecular flexibility index (Phi) is 3.10. The number of ether oxygens (including phenoxy) is 1. The Morgan fingerprint density at radius 1 is 1.44 bits per heavy atom. The van der Waals surface area contributed by atoms with Crippen molar-refractivity contribution in [3.8, 4) is 0 Å². The zero-order chi connectivity index (χ0) is 12.5. The van der Waals surface area contributed by atoms with Crippen LogP contribution >= 0.6 is 11.6 Å². The lowest BCUT2D eigenvalue weighted by Crippen LogP contribution is -2.11. The van der Waals surface area contributed by atoms with E-state index in [1.807, 2.05) is 12.1 Å². The molecule has 3 rings (SSSR count). The average molecular weight is 265 g/mol. The number of rotatable bonds is 3. The van der Waals surface area contributed by atoms with Gasteiger partial charge in [-0.1, -0.05) is 23.7 Å². The fraction of sp³-hybridized carbons (Fsp3) is 0.357. The third-order valence-corrected chi connectivity index (χ3v) is 3.51. The van der Waals surface area contributed by atoms with Crippen molar-refractivity contribution in [2.24, 2.45) is 0 Å². The van der Waals surface area contributed by atoms with Gasteiger partial charge in [0, 0.05) is 18.4 Å². The van der Waals surface area contributed by atoms with Crippen LogP contribution in [-0.2, 0) is 4.74 Å². The Morgan fingerprint density at radius 3 is 3.06 bits per heavy atom. The molecule has 1 fully saturated rings. The van der Waals surface area contributed by atoms with Gasteiger partial charge in [-0.2, -0.15) is 0 Å². The number of ketones is 1. The molecule has 1 aliphatic heterocycles. The molecular weight excluding hydrogens is 252 g/mol. The minimum atomic E-state index is -0.0193. The van der Waals surface area contributed by atoms with E-state index in [9.17, 15) is 4.79 Å². The molecule has 4 heteroatoms. The van der Waals surface area contributed by atoms with Gasteiger partial charge in [0.05, 0.1) is 11.1 Å². The fourth-order valence-corrected chi connectivity index (χ4v) is 2.50. The van der Waals surface area contributed by atoms with Crippen molar-refractivity contribution in [2.75, 3.05) is 6.61 Å². The monoisotopic (exact) mass is 264 g/mol. The van der Waals surface area contributed by atoms with E-state index in [1.54, 1.807) is 12.1 Å². The van der Waals surface area contributed by atoms with Crippen LogP contribution < -0.4 is 0 Å². The number of carbonyl (C=O) groups is 1. The van der Waals surface area contributed by atoms with Crippen LogP contribution in [0.5, 0.6) is 0 Å². The Bertz CT molecular complexity index is 582. The van der Waals surface area contributed by atoms with Gasteiger partial charge in [-0.05, 0) is 25.0 Å². The van der Waals surface area contributed by atoms with Gasteiger partial charge in [-0.3, -0.25) is 4.79 Å². The first kappa shape index (κ1) is 11.8. The fourth-order valence-electron chi connectivity index (χ4n) is 2.28. The zero-order valence-corrected chi connectivity index (χ0v) is 10.6. The van der Waals surface area contributed by atoms with Gasteiger partial charge in [-0.15, -0.1) is 0 Å². The summed E-state index contributed by atoms with van der Waals surface area (Å²) in [5.41, 5.74) is 0.579. The molecule has 18 heavy (non-hydrogen) atoms. The quantitative estimate of drug-likeness (QED) is 0.791. The lowest BCUT2D eigenvalue weighted by Gasteiger charge is -2.05. The molecule has 1 atom stereocenters. The lowest BCUT2D eigenvalue weighted by molar-refractivity contribution is 0.0755. The predicted octanol–water partition coefficient (Wildman–Crippen LogP) is 3.84. The predicted molar refractivity (Wildman–Crippen MR) is 69.1 cm³/mol. The highest BCUT2D eigenvalue weighted by atomic mass is 35.5. The molecule has 0 amide bonds. The highest BCUT2D eigenvalue weighted by Gasteiger charge is 2.22. The first-order chi connectivity index (χ1) is 8.74. The molecule has 3 nitrogen and oxygen atoms in total. The molecule has 0 radical (unpaired) electrons. The second-order valence-corrected chi connectivity index (χ2v) is 4.94. The number of carbonyl (C=O) groups excluding carboxylic acids is 1. The summed E-state index contributed by atoms with van der Waals surface area (Å²) in [5.74, 6) is 0.350. The maximum absolute atomic E-state index is 12.1. The van der Waals surface area contributed by atoms with Crippen LogP contribution in [-0.4, -0.2) is 18.5 Å². The van der Waals surface area contributed by atoms with Gasteiger partial charge in [0.1, 0.15) is 0 Å². The molecule has 0 N–H and O–H groups in total. The minimum Gasteiger partial charge on any atom is -0.451 e. The summed E-state index contributed by atoms with van der Waals surface area (Å²) in [6.45, 7) is 0.754. The van der Waals surface area contributed by atoms with Gasteiger partial charge in [-0.25, -0.2) is 0 Å². The number of benzene rings is 1. The van der Waals surface area contributed by atoms with Gasteiger partial charge < -0.3 is 9.15 Å². The number of para-hydroxylation sites is 1. The molecule has 1 aromatic heterocycles. The van der Waals surface area contributed by atoms with Gasteiger partial charge in [0.15, 0.2) is 11.3 Å². The van der Waals surface area contributed by atoms with Crippen LogP contribution in [0.15, 0.2) is 28.7 Å². The van der Waals surface area contributed by atoms with E-state index in [0.29, 0.717) is 22.8 Å². The maximum atomic E-state index is 12.1. The van der Waals surface area contributed by atoms with Crippen molar-refractivity contribution in [3.05, 3.63) is 35.0 Å². The SMILES string of the molecule is O=C(CC1CCCO1)c1cc2cccc(Cl)c2o1. The molecule has 1 aromatic carbocycles. The summed E-state index contributed by atoms with van der Waals surface area (Å²) < 4.78 is 11.0. The van der Waals surface area contributed by atoms with E-state index >= 15 is 0 Å². The van der Waals surface area contributed by atoms with E-state index in [1.165, 1.54) is 0 Å². The largest absolute Gasteiger partial charge is 0.451 e.